The van der Waals surface area contributed by atoms with E-state index in [1.807, 2.05) is 0 Å². The van der Waals surface area contributed by atoms with Crippen LogP contribution in [0, 0.1) is 5.92 Å². The Hall–Kier alpha value is -0.130. The number of sulfone groups is 1. The number of hydrogen-bond donors (Lipinski definition) is 1. The molecule has 0 aromatic heterocycles. The van der Waals surface area contributed by atoms with Gasteiger partial charge in [0.15, 0.2) is 9.84 Å². The molecule has 1 N–H and O–H groups in total. The molecule has 5 heteroatoms. The topological polar surface area (TPSA) is 49.4 Å². The quantitative estimate of drug-likeness (QED) is 0.763. The van der Waals surface area contributed by atoms with Gasteiger partial charge in [0.05, 0.1) is 11.5 Å². The second kappa shape index (κ2) is 5.98. The average Bonchev–Trinajstić information content (AvgIpc) is 2.18. The standard InChI is InChI=1S/C11H24N2O2S/c1-10(2)12-8-11(3)9-13-4-6-16(14,15)7-5-13/h10-12H,4-9H2,1-3H3. The Morgan fingerprint density at radius 1 is 1.19 bits per heavy atom. The highest BCUT2D eigenvalue weighted by Crippen LogP contribution is 2.06. The minimum atomic E-state index is -2.73. The van der Waals surface area contributed by atoms with Gasteiger partial charge < -0.3 is 10.2 Å². The summed E-state index contributed by atoms with van der Waals surface area (Å²) in [6, 6.07) is 0.518. The summed E-state index contributed by atoms with van der Waals surface area (Å²) in [6.45, 7) is 9.89. The first-order chi connectivity index (χ1) is 7.39. The Labute approximate surface area is 99.3 Å². The predicted molar refractivity (Wildman–Crippen MR) is 67.4 cm³/mol. The van der Waals surface area contributed by atoms with E-state index in [-0.39, 0.29) is 0 Å². The fourth-order valence-corrected chi connectivity index (χ4v) is 3.15. The third-order valence-corrected chi connectivity index (χ3v) is 4.49. The maximum atomic E-state index is 11.3. The molecule has 0 aromatic carbocycles. The van der Waals surface area contributed by atoms with Crippen molar-refractivity contribution in [2.45, 2.75) is 26.8 Å². The lowest BCUT2D eigenvalue weighted by Gasteiger charge is -2.29. The van der Waals surface area contributed by atoms with Crippen LogP contribution in [0.3, 0.4) is 0 Å². The highest BCUT2D eigenvalue weighted by Gasteiger charge is 2.22. The maximum Gasteiger partial charge on any atom is 0.152 e. The van der Waals surface area contributed by atoms with Crippen molar-refractivity contribution >= 4 is 9.84 Å². The van der Waals surface area contributed by atoms with Crippen molar-refractivity contribution in [3.63, 3.8) is 0 Å². The lowest BCUT2D eigenvalue weighted by molar-refractivity contribution is 0.249. The SMILES string of the molecule is CC(CNC(C)C)CN1CCS(=O)(=O)CC1. The molecule has 1 rings (SSSR count). The first kappa shape index (κ1) is 13.9. The van der Waals surface area contributed by atoms with Gasteiger partial charge in [-0.05, 0) is 12.5 Å². The van der Waals surface area contributed by atoms with Crippen LogP contribution in [-0.4, -0.2) is 57.0 Å². The van der Waals surface area contributed by atoms with Gasteiger partial charge in [0.25, 0.3) is 0 Å². The van der Waals surface area contributed by atoms with Gasteiger partial charge >= 0.3 is 0 Å². The number of nitrogens with one attached hydrogen (secondary N) is 1. The number of hydrogen-bond acceptors (Lipinski definition) is 4. The lowest BCUT2D eigenvalue weighted by Crippen LogP contribution is -2.43. The Morgan fingerprint density at radius 3 is 2.25 bits per heavy atom. The van der Waals surface area contributed by atoms with Crippen molar-refractivity contribution in [3.8, 4) is 0 Å². The molecule has 4 nitrogen and oxygen atoms in total. The maximum absolute atomic E-state index is 11.3. The molecule has 1 aliphatic rings. The first-order valence-electron chi connectivity index (χ1n) is 6.05. The number of rotatable bonds is 5. The van der Waals surface area contributed by atoms with Crippen LogP contribution in [-0.2, 0) is 9.84 Å². The third-order valence-electron chi connectivity index (χ3n) is 2.88. The van der Waals surface area contributed by atoms with E-state index in [2.05, 4.69) is 31.0 Å². The molecule has 1 heterocycles. The van der Waals surface area contributed by atoms with Gasteiger partial charge in [-0.1, -0.05) is 20.8 Å². The van der Waals surface area contributed by atoms with E-state index >= 15 is 0 Å². The molecule has 1 atom stereocenters. The van der Waals surface area contributed by atoms with Crippen LogP contribution in [0.2, 0.25) is 0 Å². The minimum Gasteiger partial charge on any atom is -0.314 e. The second-order valence-electron chi connectivity index (χ2n) is 5.12. The van der Waals surface area contributed by atoms with Gasteiger partial charge in [-0.3, -0.25) is 0 Å². The van der Waals surface area contributed by atoms with Gasteiger partial charge in [-0.2, -0.15) is 0 Å². The molecular formula is C11H24N2O2S. The van der Waals surface area contributed by atoms with Crippen LogP contribution < -0.4 is 5.32 Å². The van der Waals surface area contributed by atoms with Crippen molar-refractivity contribution in [2.24, 2.45) is 5.92 Å². The molecule has 1 aliphatic heterocycles. The van der Waals surface area contributed by atoms with Crippen molar-refractivity contribution in [1.29, 1.82) is 0 Å². The lowest BCUT2D eigenvalue weighted by atomic mass is 10.1. The minimum absolute atomic E-state index is 0.331. The zero-order valence-corrected chi connectivity index (χ0v) is 11.4. The Balaban J connectivity index is 2.23. The second-order valence-corrected chi connectivity index (χ2v) is 7.42. The summed E-state index contributed by atoms with van der Waals surface area (Å²) < 4.78 is 22.5. The molecule has 1 unspecified atom stereocenters. The Morgan fingerprint density at radius 2 is 1.75 bits per heavy atom. The van der Waals surface area contributed by atoms with E-state index in [9.17, 15) is 8.42 Å². The summed E-state index contributed by atoms with van der Waals surface area (Å²) in [4.78, 5) is 2.26. The van der Waals surface area contributed by atoms with E-state index in [1.165, 1.54) is 0 Å². The smallest absolute Gasteiger partial charge is 0.152 e. The van der Waals surface area contributed by atoms with Crippen LogP contribution >= 0.6 is 0 Å². The fourth-order valence-electron chi connectivity index (χ4n) is 1.88. The Kier molecular flexibility index (Phi) is 5.21. The van der Waals surface area contributed by atoms with E-state index < -0.39 is 9.84 Å². The zero-order chi connectivity index (χ0) is 12.2. The molecule has 0 radical (unpaired) electrons. The van der Waals surface area contributed by atoms with Crippen LogP contribution in [0.4, 0.5) is 0 Å². The molecular weight excluding hydrogens is 224 g/mol. The average molecular weight is 248 g/mol. The highest BCUT2D eigenvalue weighted by atomic mass is 32.2. The summed E-state index contributed by atoms with van der Waals surface area (Å²) in [5, 5.41) is 3.41. The van der Waals surface area contributed by atoms with E-state index in [0.717, 1.165) is 13.1 Å². The molecule has 0 aromatic rings. The first-order valence-corrected chi connectivity index (χ1v) is 7.87. The van der Waals surface area contributed by atoms with Crippen LogP contribution in [0.25, 0.3) is 0 Å². The molecule has 0 saturated carbocycles. The summed E-state index contributed by atoms with van der Waals surface area (Å²) in [5.41, 5.74) is 0. The van der Waals surface area contributed by atoms with Crippen molar-refractivity contribution < 1.29 is 8.42 Å². The van der Waals surface area contributed by atoms with Crippen molar-refractivity contribution in [1.82, 2.24) is 10.2 Å². The molecule has 0 spiro atoms. The third kappa shape index (κ3) is 5.27. The van der Waals surface area contributed by atoms with E-state index in [1.54, 1.807) is 0 Å². The highest BCUT2D eigenvalue weighted by molar-refractivity contribution is 7.91. The normalized spacial score (nSPS) is 23.5. The van der Waals surface area contributed by atoms with Crippen LogP contribution in [0.5, 0.6) is 0 Å². The van der Waals surface area contributed by atoms with Gasteiger partial charge in [0.1, 0.15) is 0 Å². The molecule has 1 fully saturated rings. The van der Waals surface area contributed by atoms with Crippen molar-refractivity contribution in [3.05, 3.63) is 0 Å². The monoisotopic (exact) mass is 248 g/mol. The summed E-state index contributed by atoms with van der Waals surface area (Å²) in [5.74, 6) is 1.23. The fraction of sp³-hybridized carbons (Fsp3) is 1.00. The van der Waals surface area contributed by atoms with E-state index in [0.29, 0.717) is 36.6 Å². The van der Waals surface area contributed by atoms with Crippen LogP contribution in [0.15, 0.2) is 0 Å². The van der Waals surface area contributed by atoms with Crippen LogP contribution in [0.1, 0.15) is 20.8 Å². The van der Waals surface area contributed by atoms with Crippen molar-refractivity contribution in [2.75, 3.05) is 37.7 Å². The predicted octanol–water partition coefficient (Wildman–Crippen LogP) is 0.351. The van der Waals surface area contributed by atoms with Gasteiger partial charge in [0, 0.05) is 25.7 Å². The summed E-state index contributed by atoms with van der Waals surface area (Å²) >= 11 is 0. The number of nitrogens with zero attached hydrogens (tertiary/aromatic N) is 1. The van der Waals surface area contributed by atoms with Gasteiger partial charge in [-0.25, -0.2) is 8.42 Å². The molecule has 1 saturated heterocycles. The van der Waals surface area contributed by atoms with E-state index in [4.69, 9.17) is 0 Å². The Bertz CT molecular complexity index is 287. The van der Waals surface area contributed by atoms with Gasteiger partial charge in [0.2, 0.25) is 0 Å². The largest absolute Gasteiger partial charge is 0.314 e. The summed E-state index contributed by atoms with van der Waals surface area (Å²) in [7, 11) is -2.73. The molecule has 0 bridgehead atoms. The summed E-state index contributed by atoms with van der Waals surface area (Å²) in [6.07, 6.45) is 0. The van der Waals surface area contributed by atoms with Gasteiger partial charge in [-0.15, -0.1) is 0 Å². The zero-order valence-electron chi connectivity index (χ0n) is 10.6. The molecule has 0 aliphatic carbocycles. The molecule has 16 heavy (non-hydrogen) atoms. The molecule has 0 amide bonds. The molecule has 96 valence electrons.